The minimum atomic E-state index is 0.214. The second-order valence-electron chi connectivity index (χ2n) is 5.72. The van der Waals surface area contributed by atoms with Crippen LogP contribution in [0.5, 0.6) is 0 Å². The van der Waals surface area contributed by atoms with Gasteiger partial charge in [-0.15, -0.1) is 0 Å². The highest BCUT2D eigenvalue weighted by Crippen LogP contribution is 2.14. The van der Waals surface area contributed by atoms with Crippen molar-refractivity contribution in [3.8, 4) is 0 Å². The van der Waals surface area contributed by atoms with Crippen LogP contribution in [0.15, 0.2) is 48.7 Å². The number of nitrogens with zero attached hydrogens (tertiary/aromatic N) is 3. The van der Waals surface area contributed by atoms with Gasteiger partial charge in [0.15, 0.2) is 0 Å². The second-order valence-corrected chi connectivity index (χ2v) is 5.72. The maximum absolute atomic E-state index is 12.4. The number of aryl methyl sites for hydroxylation is 1. The minimum Gasteiger partial charge on any atom is -0.353 e. The third kappa shape index (κ3) is 3.45. The Bertz CT molecular complexity index is 634. The number of hydrogen-bond donors (Lipinski definition) is 0. The highest BCUT2D eigenvalue weighted by atomic mass is 16.2. The van der Waals surface area contributed by atoms with Crippen molar-refractivity contribution in [1.29, 1.82) is 0 Å². The lowest BCUT2D eigenvalue weighted by atomic mass is 10.1. The van der Waals surface area contributed by atoms with E-state index in [0.717, 1.165) is 37.6 Å². The molecule has 1 aliphatic rings. The number of benzene rings is 1. The third-order valence-corrected chi connectivity index (χ3v) is 4.04. The van der Waals surface area contributed by atoms with Gasteiger partial charge in [0.25, 0.3) is 0 Å². The van der Waals surface area contributed by atoms with E-state index in [1.54, 1.807) is 0 Å². The molecule has 2 aromatic rings. The van der Waals surface area contributed by atoms with E-state index in [4.69, 9.17) is 0 Å². The predicted molar refractivity (Wildman–Crippen MR) is 87.9 cm³/mol. The molecule has 0 radical (unpaired) electrons. The van der Waals surface area contributed by atoms with Gasteiger partial charge in [0.2, 0.25) is 5.91 Å². The first-order valence-electron chi connectivity index (χ1n) is 7.72. The molecule has 1 amide bonds. The summed E-state index contributed by atoms with van der Waals surface area (Å²) in [6.45, 7) is 5.27. The smallest absolute Gasteiger partial charge is 0.227 e. The molecule has 0 unspecified atom stereocenters. The largest absolute Gasteiger partial charge is 0.353 e. The number of rotatable bonds is 3. The van der Waals surface area contributed by atoms with Gasteiger partial charge in [0.1, 0.15) is 5.82 Å². The van der Waals surface area contributed by atoms with Crippen LogP contribution in [-0.2, 0) is 11.2 Å². The van der Waals surface area contributed by atoms with Crippen molar-refractivity contribution < 1.29 is 4.79 Å². The van der Waals surface area contributed by atoms with Crippen LogP contribution < -0.4 is 4.90 Å². The van der Waals surface area contributed by atoms with Crippen molar-refractivity contribution in [3.05, 3.63) is 59.8 Å². The molecule has 1 saturated heterocycles. The molecule has 0 atom stereocenters. The standard InChI is InChI=1S/C18H21N3O/c1-15-5-4-6-16(13-15)14-18(22)21-11-9-20(10-12-21)17-7-2-3-8-19-17/h2-8,13H,9-12,14H2,1H3. The number of carbonyl (C=O) groups excluding carboxylic acids is 1. The molecule has 0 spiro atoms. The summed E-state index contributed by atoms with van der Waals surface area (Å²) in [5, 5.41) is 0. The zero-order chi connectivity index (χ0) is 15.4. The summed E-state index contributed by atoms with van der Waals surface area (Å²) in [5.41, 5.74) is 2.29. The lowest BCUT2D eigenvalue weighted by Crippen LogP contribution is -2.49. The van der Waals surface area contributed by atoms with Crippen molar-refractivity contribution in [1.82, 2.24) is 9.88 Å². The molecule has 3 rings (SSSR count). The Hall–Kier alpha value is -2.36. The Balaban J connectivity index is 1.56. The summed E-state index contributed by atoms with van der Waals surface area (Å²) in [6, 6.07) is 14.1. The number of hydrogen-bond acceptors (Lipinski definition) is 3. The Morgan fingerprint density at radius 2 is 1.91 bits per heavy atom. The van der Waals surface area contributed by atoms with Gasteiger partial charge in [-0.2, -0.15) is 0 Å². The normalized spacial score (nSPS) is 15.0. The fourth-order valence-corrected chi connectivity index (χ4v) is 2.83. The molecule has 0 aliphatic carbocycles. The summed E-state index contributed by atoms with van der Waals surface area (Å²) in [4.78, 5) is 21.0. The van der Waals surface area contributed by atoms with Crippen LogP contribution in [0.4, 0.5) is 5.82 Å². The summed E-state index contributed by atoms with van der Waals surface area (Å²) in [5.74, 6) is 1.21. The lowest BCUT2D eigenvalue weighted by molar-refractivity contribution is -0.130. The van der Waals surface area contributed by atoms with Gasteiger partial charge in [0, 0.05) is 32.4 Å². The SMILES string of the molecule is Cc1cccc(CC(=O)N2CCN(c3ccccn3)CC2)c1. The van der Waals surface area contributed by atoms with E-state index in [-0.39, 0.29) is 5.91 Å². The van der Waals surface area contributed by atoms with Crippen LogP contribution in [0, 0.1) is 6.92 Å². The molecule has 1 aromatic carbocycles. The van der Waals surface area contributed by atoms with Gasteiger partial charge in [-0.3, -0.25) is 4.79 Å². The molecule has 0 N–H and O–H groups in total. The fraction of sp³-hybridized carbons (Fsp3) is 0.333. The molecular formula is C18H21N3O. The van der Waals surface area contributed by atoms with Crippen LogP contribution in [0.25, 0.3) is 0 Å². The van der Waals surface area contributed by atoms with Gasteiger partial charge in [-0.05, 0) is 24.6 Å². The summed E-state index contributed by atoms with van der Waals surface area (Å²) < 4.78 is 0. The van der Waals surface area contributed by atoms with E-state index in [1.165, 1.54) is 5.56 Å². The van der Waals surface area contributed by atoms with Crippen LogP contribution in [0.2, 0.25) is 0 Å². The highest BCUT2D eigenvalue weighted by Gasteiger charge is 2.21. The average molecular weight is 295 g/mol. The van der Waals surface area contributed by atoms with Gasteiger partial charge in [-0.25, -0.2) is 4.98 Å². The molecule has 22 heavy (non-hydrogen) atoms. The van der Waals surface area contributed by atoms with Gasteiger partial charge < -0.3 is 9.80 Å². The van der Waals surface area contributed by atoms with E-state index in [9.17, 15) is 4.79 Å². The van der Waals surface area contributed by atoms with Crippen molar-refractivity contribution in [2.45, 2.75) is 13.3 Å². The Labute approximate surface area is 131 Å². The number of carbonyl (C=O) groups is 1. The highest BCUT2D eigenvalue weighted by molar-refractivity contribution is 5.79. The molecule has 114 valence electrons. The second kappa shape index (κ2) is 6.60. The molecule has 1 aromatic heterocycles. The molecule has 0 bridgehead atoms. The first-order chi connectivity index (χ1) is 10.7. The number of pyridine rings is 1. The lowest BCUT2D eigenvalue weighted by Gasteiger charge is -2.35. The van der Waals surface area contributed by atoms with E-state index in [2.05, 4.69) is 28.9 Å². The van der Waals surface area contributed by atoms with Crippen molar-refractivity contribution in [2.24, 2.45) is 0 Å². The average Bonchev–Trinajstić information content (AvgIpc) is 2.56. The van der Waals surface area contributed by atoms with Gasteiger partial charge in [0.05, 0.1) is 6.42 Å². The van der Waals surface area contributed by atoms with Crippen molar-refractivity contribution in [2.75, 3.05) is 31.1 Å². The number of anilines is 1. The summed E-state index contributed by atoms with van der Waals surface area (Å²) in [7, 11) is 0. The fourth-order valence-electron chi connectivity index (χ4n) is 2.83. The van der Waals surface area contributed by atoms with Crippen LogP contribution in [0.3, 0.4) is 0 Å². The summed E-state index contributed by atoms with van der Waals surface area (Å²) in [6.07, 6.45) is 2.30. The first kappa shape index (κ1) is 14.6. The number of aromatic nitrogens is 1. The topological polar surface area (TPSA) is 36.4 Å². The maximum atomic E-state index is 12.4. The maximum Gasteiger partial charge on any atom is 0.227 e. The van der Waals surface area contributed by atoms with Crippen LogP contribution in [-0.4, -0.2) is 42.0 Å². The van der Waals surface area contributed by atoms with E-state index in [1.807, 2.05) is 41.4 Å². The van der Waals surface area contributed by atoms with Crippen molar-refractivity contribution in [3.63, 3.8) is 0 Å². The first-order valence-corrected chi connectivity index (χ1v) is 7.72. The Morgan fingerprint density at radius 3 is 2.59 bits per heavy atom. The molecule has 1 fully saturated rings. The van der Waals surface area contributed by atoms with Gasteiger partial charge >= 0.3 is 0 Å². The van der Waals surface area contributed by atoms with Crippen molar-refractivity contribution >= 4 is 11.7 Å². The van der Waals surface area contributed by atoms with E-state index in [0.29, 0.717) is 6.42 Å². The van der Waals surface area contributed by atoms with E-state index < -0.39 is 0 Å². The third-order valence-electron chi connectivity index (χ3n) is 4.04. The molecule has 0 saturated carbocycles. The van der Waals surface area contributed by atoms with E-state index >= 15 is 0 Å². The molecule has 4 nitrogen and oxygen atoms in total. The quantitative estimate of drug-likeness (QED) is 0.871. The Morgan fingerprint density at radius 1 is 1.09 bits per heavy atom. The number of amides is 1. The number of piperazine rings is 1. The molecule has 1 aliphatic heterocycles. The van der Waals surface area contributed by atoms with Crippen LogP contribution >= 0.6 is 0 Å². The summed E-state index contributed by atoms with van der Waals surface area (Å²) >= 11 is 0. The van der Waals surface area contributed by atoms with Gasteiger partial charge in [-0.1, -0.05) is 35.9 Å². The molecule has 2 heterocycles. The molecular weight excluding hydrogens is 274 g/mol. The molecule has 4 heteroatoms. The Kier molecular flexibility index (Phi) is 4.37. The zero-order valence-electron chi connectivity index (χ0n) is 12.9. The predicted octanol–water partition coefficient (Wildman–Crippen LogP) is 2.28. The minimum absolute atomic E-state index is 0.214. The van der Waals surface area contributed by atoms with Crippen LogP contribution in [0.1, 0.15) is 11.1 Å². The monoisotopic (exact) mass is 295 g/mol. The zero-order valence-corrected chi connectivity index (χ0v) is 12.9.